The number of rotatable bonds is 7. The van der Waals surface area contributed by atoms with Crippen molar-refractivity contribution >= 4 is 27.2 Å². The van der Waals surface area contributed by atoms with Crippen LogP contribution in [-0.4, -0.2) is 26.5 Å². The van der Waals surface area contributed by atoms with Crippen molar-refractivity contribution in [3.05, 3.63) is 40.7 Å². The number of nitrogens with zero attached hydrogens (tertiary/aromatic N) is 1. The topological polar surface area (TPSA) is 71.1 Å². The van der Waals surface area contributed by atoms with Crippen molar-refractivity contribution in [2.45, 2.75) is 18.2 Å². The maximum Gasteiger partial charge on any atom is 0.240 e. The highest BCUT2D eigenvalue weighted by atomic mass is 32.2. The minimum atomic E-state index is -3.48. The van der Waals surface area contributed by atoms with Gasteiger partial charge in [-0.15, -0.1) is 11.3 Å². The van der Waals surface area contributed by atoms with E-state index in [1.165, 1.54) is 18.3 Å². The average Bonchev–Trinajstić information content (AvgIpc) is 2.92. The number of pyridine rings is 1. The minimum absolute atomic E-state index is 0.231. The second kappa shape index (κ2) is 6.83. The van der Waals surface area contributed by atoms with E-state index in [1.807, 2.05) is 24.4 Å². The molecule has 0 bridgehead atoms. The minimum Gasteiger partial charge on any atom is -0.370 e. The van der Waals surface area contributed by atoms with E-state index in [-0.39, 0.29) is 4.90 Å². The van der Waals surface area contributed by atoms with Gasteiger partial charge in [0.05, 0.1) is 4.90 Å². The molecule has 0 spiro atoms. The van der Waals surface area contributed by atoms with Gasteiger partial charge in [-0.3, -0.25) is 0 Å². The molecule has 0 aliphatic rings. The largest absolute Gasteiger partial charge is 0.370 e. The van der Waals surface area contributed by atoms with Gasteiger partial charge in [0.15, 0.2) is 0 Å². The van der Waals surface area contributed by atoms with Crippen molar-refractivity contribution in [3.63, 3.8) is 0 Å². The van der Waals surface area contributed by atoms with Gasteiger partial charge < -0.3 is 5.32 Å². The van der Waals surface area contributed by atoms with Crippen LogP contribution in [0, 0.1) is 0 Å². The van der Waals surface area contributed by atoms with Crippen molar-refractivity contribution < 1.29 is 8.42 Å². The molecule has 2 aromatic rings. The van der Waals surface area contributed by atoms with Crippen LogP contribution in [0.5, 0.6) is 0 Å². The molecule has 108 valence electrons. The van der Waals surface area contributed by atoms with E-state index >= 15 is 0 Å². The van der Waals surface area contributed by atoms with E-state index in [1.54, 1.807) is 11.3 Å². The molecule has 0 amide bonds. The van der Waals surface area contributed by atoms with E-state index in [9.17, 15) is 8.42 Å². The standard InChI is InChI=1S/C13H17N3O2S2/c1-2-14-13-10-12(6-7-15-13)20(17,18)16-8-5-11-4-3-9-19-11/h3-4,6-7,9-10,16H,2,5,8H2,1H3,(H,14,15). The van der Waals surface area contributed by atoms with Crippen molar-refractivity contribution in [2.75, 3.05) is 18.4 Å². The maximum absolute atomic E-state index is 12.2. The smallest absolute Gasteiger partial charge is 0.240 e. The van der Waals surface area contributed by atoms with Crippen LogP contribution in [0.15, 0.2) is 40.7 Å². The molecular weight excluding hydrogens is 294 g/mol. The quantitative estimate of drug-likeness (QED) is 0.821. The lowest BCUT2D eigenvalue weighted by Crippen LogP contribution is -2.26. The predicted molar refractivity (Wildman–Crippen MR) is 81.6 cm³/mol. The number of anilines is 1. The molecular formula is C13H17N3O2S2. The zero-order chi connectivity index (χ0) is 14.4. The van der Waals surface area contributed by atoms with Crippen LogP contribution < -0.4 is 10.0 Å². The Bertz CT molecular complexity index is 639. The Kier molecular flexibility index (Phi) is 5.11. The lowest BCUT2D eigenvalue weighted by Gasteiger charge is -2.08. The monoisotopic (exact) mass is 311 g/mol. The van der Waals surface area contributed by atoms with Crippen molar-refractivity contribution in [3.8, 4) is 0 Å². The fourth-order valence-electron chi connectivity index (χ4n) is 1.70. The highest BCUT2D eigenvalue weighted by Crippen LogP contribution is 2.13. The van der Waals surface area contributed by atoms with Gasteiger partial charge in [-0.25, -0.2) is 18.1 Å². The Morgan fingerprint density at radius 2 is 2.20 bits per heavy atom. The van der Waals surface area contributed by atoms with Crippen molar-refractivity contribution in [1.29, 1.82) is 0 Å². The van der Waals surface area contributed by atoms with Crippen LogP contribution in [0.4, 0.5) is 5.82 Å². The molecule has 2 rings (SSSR count). The normalized spacial score (nSPS) is 11.4. The number of hydrogen-bond acceptors (Lipinski definition) is 5. The summed E-state index contributed by atoms with van der Waals surface area (Å²) in [6.45, 7) is 3.02. The zero-order valence-corrected chi connectivity index (χ0v) is 12.8. The molecule has 0 unspecified atom stereocenters. The van der Waals surface area contributed by atoms with Crippen LogP contribution >= 0.6 is 11.3 Å². The molecule has 2 heterocycles. The molecule has 0 saturated carbocycles. The first-order chi connectivity index (χ1) is 9.62. The van der Waals surface area contributed by atoms with Gasteiger partial charge in [-0.1, -0.05) is 6.07 Å². The molecule has 0 saturated heterocycles. The number of aromatic nitrogens is 1. The van der Waals surface area contributed by atoms with Crippen molar-refractivity contribution in [1.82, 2.24) is 9.71 Å². The van der Waals surface area contributed by atoms with Crippen LogP contribution in [0.3, 0.4) is 0 Å². The highest BCUT2D eigenvalue weighted by molar-refractivity contribution is 7.89. The first-order valence-electron chi connectivity index (χ1n) is 6.34. The van der Waals surface area contributed by atoms with Gasteiger partial charge in [0.25, 0.3) is 0 Å². The van der Waals surface area contributed by atoms with Gasteiger partial charge in [-0.05, 0) is 30.9 Å². The average molecular weight is 311 g/mol. The van der Waals surface area contributed by atoms with Gasteiger partial charge in [0.2, 0.25) is 10.0 Å². The molecule has 0 aliphatic heterocycles. The molecule has 7 heteroatoms. The SMILES string of the molecule is CCNc1cc(S(=O)(=O)NCCc2cccs2)ccn1. The molecule has 5 nitrogen and oxygen atoms in total. The lowest BCUT2D eigenvalue weighted by atomic mass is 10.3. The summed E-state index contributed by atoms with van der Waals surface area (Å²) in [4.78, 5) is 5.46. The first kappa shape index (κ1) is 15.0. The Morgan fingerprint density at radius 1 is 1.35 bits per heavy atom. The zero-order valence-electron chi connectivity index (χ0n) is 11.2. The number of hydrogen-bond donors (Lipinski definition) is 2. The van der Waals surface area contributed by atoms with Gasteiger partial charge in [0, 0.05) is 30.2 Å². The molecule has 2 aromatic heterocycles. The summed E-state index contributed by atoms with van der Waals surface area (Å²) in [6.07, 6.45) is 2.19. The van der Waals surface area contributed by atoms with E-state index < -0.39 is 10.0 Å². The van der Waals surface area contributed by atoms with Crippen LogP contribution in [0.25, 0.3) is 0 Å². The van der Waals surface area contributed by atoms with Crippen LogP contribution in [-0.2, 0) is 16.4 Å². The van der Waals surface area contributed by atoms with Crippen LogP contribution in [0.1, 0.15) is 11.8 Å². The van der Waals surface area contributed by atoms with E-state index in [2.05, 4.69) is 15.0 Å². The molecule has 20 heavy (non-hydrogen) atoms. The Labute approximate surface area is 123 Å². The molecule has 0 atom stereocenters. The predicted octanol–water partition coefficient (Wildman–Crippen LogP) is 2.10. The Morgan fingerprint density at radius 3 is 2.90 bits per heavy atom. The Hall–Kier alpha value is -1.44. The fraction of sp³-hybridized carbons (Fsp3) is 0.308. The van der Waals surface area contributed by atoms with Gasteiger partial charge in [-0.2, -0.15) is 0 Å². The number of thiophene rings is 1. The number of nitrogens with one attached hydrogen (secondary N) is 2. The summed E-state index contributed by atoms with van der Waals surface area (Å²) in [5.41, 5.74) is 0. The fourth-order valence-corrected chi connectivity index (χ4v) is 3.46. The molecule has 2 N–H and O–H groups in total. The summed E-state index contributed by atoms with van der Waals surface area (Å²) >= 11 is 1.62. The van der Waals surface area contributed by atoms with Crippen molar-refractivity contribution in [2.24, 2.45) is 0 Å². The summed E-state index contributed by atoms with van der Waals surface area (Å²) in [5.74, 6) is 0.564. The third-order valence-electron chi connectivity index (χ3n) is 2.64. The van der Waals surface area contributed by atoms with E-state index in [4.69, 9.17) is 0 Å². The Balaban J connectivity index is 2.00. The second-order valence-electron chi connectivity index (χ2n) is 4.13. The van der Waals surface area contributed by atoms with Gasteiger partial charge >= 0.3 is 0 Å². The second-order valence-corrected chi connectivity index (χ2v) is 6.93. The maximum atomic E-state index is 12.2. The van der Waals surface area contributed by atoms with Gasteiger partial charge in [0.1, 0.15) is 5.82 Å². The van der Waals surface area contributed by atoms with E-state index in [0.717, 1.165) is 4.88 Å². The van der Waals surface area contributed by atoms with E-state index in [0.29, 0.717) is 25.3 Å². The summed E-state index contributed by atoms with van der Waals surface area (Å²) in [6, 6.07) is 6.99. The third-order valence-corrected chi connectivity index (χ3v) is 5.04. The summed E-state index contributed by atoms with van der Waals surface area (Å²) in [7, 11) is -3.48. The molecule has 0 radical (unpaired) electrons. The molecule has 0 aromatic carbocycles. The summed E-state index contributed by atoms with van der Waals surface area (Å²) < 4.78 is 26.9. The molecule has 0 aliphatic carbocycles. The summed E-state index contributed by atoms with van der Waals surface area (Å²) in [5, 5.41) is 4.98. The lowest BCUT2D eigenvalue weighted by molar-refractivity contribution is 0.581. The first-order valence-corrected chi connectivity index (χ1v) is 8.70. The molecule has 0 fully saturated rings. The highest BCUT2D eigenvalue weighted by Gasteiger charge is 2.14. The van der Waals surface area contributed by atoms with Crippen LogP contribution in [0.2, 0.25) is 0 Å². The number of sulfonamides is 1. The third kappa shape index (κ3) is 4.03.